The van der Waals surface area contributed by atoms with Crippen molar-refractivity contribution in [1.82, 2.24) is 9.66 Å². The van der Waals surface area contributed by atoms with Gasteiger partial charge in [0.05, 0.1) is 24.7 Å². The Balaban J connectivity index is 2.05. The molecule has 0 unspecified atom stereocenters. The molecule has 2 rings (SSSR count). The van der Waals surface area contributed by atoms with Gasteiger partial charge in [0.25, 0.3) is 0 Å². The Morgan fingerprint density at radius 1 is 1.45 bits per heavy atom. The topological polar surface area (TPSA) is 65.4 Å². The summed E-state index contributed by atoms with van der Waals surface area (Å²) in [6.07, 6.45) is 4.58. The molecule has 20 heavy (non-hydrogen) atoms. The summed E-state index contributed by atoms with van der Waals surface area (Å²) in [7, 11) is 0. The minimum Gasteiger partial charge on any atom is -0.377 e. The van der Waals surface area contributed by atoms with Gasteiger partial charge < -0.3 is 10.5 Å². The molecule has 0 saturated carbocycles. The molecule has 2 N–H and O–H groups in total. The van der Waals surface area contributed by atoms with Crippen molar-refractivity contribution in [2.75, 3.05) is 12.3 Å². The van der Waals surface area contributed by atoms with E-state index in [-0.39, 0.29) is 0 Å². The summed E-state index contributed by atoms with van der Waals surface area (Å²) in [4.78, 5) is 4.10. The zero-order chi connectivity index (χ0) is 14.4. The molecular weight excluding hydrogens is 252 g/mol. The molecule has 5 nitrogen and oxygen atoms in total. The van der Waals surface area contributed by atoms with Gasteiger partial charge in [-0.15, -0.1) is 0 Å². The highest BCUT2D eigenvalue weighted by molar-refractivity contribution is 5.79. The van der Waals surface area contributed by atoms with Crippen molar-refractivity contribution >= 4 is 12.2 Å². The molecule has 0 aliphatic rings. The molecule has 0 spiro atoms. The zero-order valence-corrected chi connectivity index (χ0v) is 11.9. The summed E-state index contributed by atoms with van der Waals surface area (Å²) < 4.78 is 7.09. The first-order chi connectivity index (χ1) is 9.69. The van der Waals surface area contributed by atoms with Crippen LogP contribution in [-0.4, -0.2) is 22.5 Å². The van der Waals surface area contributed by atoms with Crippen LogP contribution in [0.1, 0.15) is 30.2 Å². The molecule has 106 valence electrons. The van der Waals surface area contributed by atoms with Crippen LogP contribution in [0.2, 0.25) is 0 Å². The van der Waals surface area contributed by atoms with Gasteiger partial charge in [0.1, 0.15) is 0 Å². The number of aromatic nitrogens is 2. The van der Waals surface area contributed by atoms with Gasteiger partial charge in [-0.2, -0.15) is 5.10 Å². The lowest BCUT2D eigenvalue weighted by molar-refractivity contribution is 0.121. The van der Waals surface area contributed by atoms with Crippen molar-refractivity contribution in [3.8, 4) is 0 Å². The number of rotatable bonds is 6. The third-order valence-corrected chi connectivity index (χ3v) is 2.73. The van der Waals surface area contributed by atoms with E-state index in [1.165, 1.54) is 0 Å². The number of imidazole rings is 1. The Morgan fingerprint density at radius 3 is 3.00 bits per heavy atom. The average Bonchev–Trinajstić information content (AvgIpc) is 2.76. The van der Waals surface area contributed by atoms with Crippen molar-refractivity contribution in [3.05, 3.63) is 47.3 Å². The lowest BCUT2D eigenvalue weighted by Crippen LogP contribution is -1.98. The first-order valence-corrected chi connectivity index (χ1v) is 6.71. The number of benzene rings is 1. The molecule has 0 radical (unpaired) electrons. The third-order valence-electron chi connectivity index (χ3n) is 2.73. The first-order valence-electron chi connectivity index (χ1n) is 6.71. The Labute approximate surface area is 119 Å². The number of anilines is 1. The third kappa shape index (κ3) is 3.93. The highest BCUT2D eigenvalue weighted by Gasteiger charge is 1.99. The summed E-state index contributed by atoms with van der Waals surface area (Å²) in [6.45, 7) is 5.39. The minimum atomic E-state index is 0.390. The Kier molecular flexibility index (Phi) is 4.90. The van der Waals surface area contributed by atoms with Crippen LogP contribution in [0, 0.1) is 6.92 Å². The average molecular weight is 272 g/mol. The second kappa shape index (κ2) is 6.86. The number of hydrogen-bond donors (Lipinski definition) is 1. The highest BCUT2D eigenvalue weighted by Crippen LogP contribution is 2.07. The minimum absolute atomic E-state index is 0.390. The Hall–Kier alpha value is -2.14. The van der Waals surface area contributed by atoms with E-state index in [9.17, 15) is 0 Å². The van der Waals surface area contributed by atoms with Crippen LogP contribution in [0.15, 0.2) is 35.6 Å². The lowest BCUT2D eigenvalue weighted by Gasteiger charge is -2.03. The molecule has 0 atom stereocenters. The van der Waals surface area contributed by atoms with Gasteiger partial charge in [-0.3, -0.25) is 0 Å². The molecule has 5 heteroatoms. The van der Waals surface area contributed by atoms with E-state index in [0.29, 0.717) is 12.6 Å². The number of nitrogens with two attached hydrogens (primary N) is 1. The maximum atomic E-state index is 5.73. The van der Waals surface area contributed by atoms with Crippen LogP contribution >= 0.6 is 0 Å². The van der Waals surface area contributed by atoms with E-state index in [2.05, 4.69) is 23.1 Å². The van der Waals surface area contributed by atoms with E-state index in [1.807, 2.05) is 25.1 Å². The van der Waals surface area contributed by atoms with Crippen LogP contribution in [0.5, 0.6) is 0 Å². The summed E-state index contributed by atoms with van der Waals surface area (Å²) >= 11 is 0. The smallest absolute Gasteiger partial charge is 0.221 e. The predicted molar refractivity (Wildman–Crippen MR) is 80.8 cm³/mol. The van der Waals surface area contributed by atoms with Crippen molar-refractivity contribution in [2.24, 2.45) is 5.10 Å². The van der Waals surface area contributed by atoms with E-state index in [0.717, 1.165) is 29.8 Å². The van der Waals surface area contributed by atoms with Gasteiger partial charge in [0, 0.05) is 6.61 Å². The Morgan fingerprint density at radius 2 is 2.30 bits per heavy atom. The first kappa shape index (κ1) is 14.3. The van der Waals surface area contributed by atoms with Crippen molar-refractivity contribution in [1.29, 1.82) is 0 Å². The largest absolute Gasteiger partial charge is 0.377 e. The number of ether oxygens (including phenoxy) is 1. The number of aryl methyl sites for hydroxylation is 1. The maximum Gasteiger partial charge on any atom is 0.221 e. The fraction of sp³-hybridized carbons (Fsp3) is 0.333. The number of hydrogen-bond acceptors (Lipinski definition) is 4. The second-order valence-electron chi connectivity index (χ2n) is 4.63. The predicted octanol–water partition coefficient (Wildman–Crippen LogP) is 2.58. The van der Waals surface area contributed by atoms with Gasteiger partial charge in [-0.05, 0) is 30.5 Å². The van der Waals surface area contributed by atoms with Crippen molar-refractivity contribution in [3.63, 3.8) is 0 Å². The quantitative estimate of drug-likeness (QED) is 0.649. The zero-order valence-electron chi connectivity index (χ0n) is 11.9. The van der Waals surface area contributed by atoms with Crippen LogP contribution in [0.3, 0.4) is 0 Å². The van der Waals surface area contributed by atoms with Crippen LogP contribution in [0.25, 0.3) is 0 Å². The van der Waals surface area contributed by atoms with E-state index >= 15 is 0 Å². The maximum absolute atomic E-state index is 5.73. The molecule has 0 aliphatic heterocycles. The van der Waals surface area contributed by atoms with Gasteiger partial charge in [0.15, 0.2) is 0 Å². The van der Waals surface area contributed by atoms with Crippen LogP contribution in [-0.2, 0) is 11.3 Å². The molecule has 0 bridgehead atoms. The number of nitrogen functional groups attached to an aromatic ring is 1. The fourth-order valence-corrected chi connectivity index (χ4v) is 1.82. The molecule has 0 saturated heterocycles. The molecule has 0 aliphatic carbocycles. The molecular formula is C15H20N4O. The van der Waals surface area contributed by atoms with Gasteiger partial charge in [-0.1, -0.05) is 25.1 Å². The Bertz CT molecular complexity index is 589. The number of nitrogens with zero attached hydrogens (tertiary/aromatic N) is 3. The molecule has 0 amide bonds. The van der Waals surface area contributed by atoms with Crippen molar-refractivity contribution in [2.45, 2.75) is 26.9 Å². The van der Waals surface area contributed by atoms with Gasteiger partial charge in [-0.25, -0.2) is 9.66 Å². The van der Waals surface area contributed by atoms with Gasteiger partial charge in [0.2, 0.25) is 5.95 Å². The fourth-order valence-electron chi connectivity index (χ4n) is 1.82. The van der Waals surface area contributed by atoms with E-state index < -0.39 is 0 Å². The SMILES string of the molecule is CCCOCc1cccc(C=Nn2cc(C)nc2N)c1. The van der Waals surface area contributed by atoms with E-state index in [1.54, 1.807) is 17.1 Å². The van der Waals surface area contributed by atoms with Crippen molar-refractivity contribution < 1.29 is 4.74 Å². The molecule has 0 fully saturated rings. The van der Waals surface area contributed by atoms with Gasteiger partial charge >= 0.3 is 0 Å². The molecule has 1 heterocycles. The normalized spacial score (nSPS) is 11.3. The molecule has 1 aromatic carbocycles. The monoisotopic (exact) mass is 272 g/mol. The standard InChI is InChI=1S/C15H20N4O/c1-3-7-20-11-14-6-4-5-13(8-14)9-17-19-10-12(2)18-15(19)16/h4-6,8-10H,3,7,11H2,1-2H3,(H2,16,18). The van der Waals surface area contributed by atoms with E-state index in [4.69, 9.17) is 10.5 Å². The van der Waals surface area contributed by atoms with Crippen LogP contribution in [0.4, 0.5) is 5.95 Å². The lowest BCUT2D eigenvalue weighted by atomic mass is 10.1. The van der Waals surface area contributed by atoms with Crippen LogP contribution < -0.4 is 5.73 Å². The summed E-state index contributed by atoms with van der Waals surface area (Å²) in [6, 6.07) is 8.09. The summed E-state index contributed by atoms with van der Waals surface area (Å²) in [5.41, 5.74) is 8.73. The summed E-state index contributed by atoms with van der Waals surface area (Å²) in [5, 5.41) is 4.30. The molecule has 1 aromatic heterocycles. The second-order valence-corrected chi connectivity index (χ2v) is 4.63. The summed E-state index contributed by atoms with van der Waals surface area (Å²) in [5.74, 6) is 0.390. The highest BCUT2D eigenvalue weighted by atomic mass is 16.5. The molecule has 2 aromatic rings.